The average molecular weight is 823 g/mol. The van der Waals surface area contributed by atoms with Crippen LogP contribution in [0, 0.1) is 0 Å². The monoisotopic (exact) mass is 822 g/mol. The van der Waals surface area contributed by atoms with E-state index in [1.165, 1.54) is 59.8 Å². The second-order valence-electron chi connectivity index (χ2n) is 15.9. The fraction of sp³-hybridized carbons (Fsp3) is 0. The Labute approximate surface area is 369 Å². The Bertz CT molecular complexity index is 3610. The molecule has 0 N–H and O–H groups in total. The molecule has 63 heavy (non-hydrogen) atoms. The van der Waals surface area contributed by atoms with Crippen molar-refractivity contribution >= 4 is 70.4 Å². The summed E-state index contributed by atoms with van der Waals surface area (Å²) in [5.41, 5.74) is 15.3. The lowest BCUT2D eigenvalue weighted by atomic mass is 9.92. The van der Waals surface area contributed by atoms with E-state index in [0.717, 1.165) is 49.4 Å². The SMILES string of the molecule is c1ccc(-c2nc3cc4c(cc3o2)sc2cccc(N(c3ccc(-c5ccccc5-c5ccccc5)cc3)c3ccc(-c5ccccc5)c(-c5ccc6ccccc6c5)c3)c24)cc1. The lowest BCUT2D eigenvalue weighted by Gasteiger charge is -2.28. The standard InChI is InChI=1S/C59H38N2OS/c1-4-16-40(17-5-1)48-23-12-13-24-49(48)42-29-31-46(32-30-42)61(47-33-34-50(41-18-6-2-7-19-41)51(36-47)45-28-27-39-15-10-11-22-44(39)35-45)54-25-14-26-56-58(54)52-37-53-55(38-57(52)63-56)62-59(60-53)43-20-8-3-9-21-43/h1-38H. The van der Waals surface area contributed by atoms with Gasteiger partial charge in [-0.1, -0.05) is 164 Å². The van der Waals surface area contributed by atoms with Crippen LogP contribution in [0.15, 0.2) is 235 Å². The van der Waals surface area contributed by atoms with Gasteiger partial charge in [0.2, 0.25) is 5.89 Å². The van der Waals surface area contributed by atoms with E-state index in [0.29, 0.717) is 5.89 Å². The van der Waals surface area contributed by atoms with E-state index in [2.05, 4.69) is 205 Å². The number of rotatable bonds is 8. The maximum absolute atomic E-state index is 6.37. The molecular weight excluding hydrogens is 785 g/mol. The smallest absolute Gasteiger partial charge is 0.227 e. The summed E-state index contributed by atoms with van der Waals surface area (Å²) in [5.74, 6) is 0.628. The number of hydrogen-bond acceptors (Lipinski definition) is 4. The second kappa shape index (κ2) is 15.4. The van der Waals surface area contributed by atoms with Gasteiger partial charge in [-0.15, -0.1) is 11.3 Å². The predicted molar refractivity (Wildman–Crippen MR) is 266 cm³/mol. The summed E-state index contributed by atoms with van der Waals surface area (Å²) in [5, 5.41) is 4.77. The fourth-order valence-corrected chi connectivity index (χ4v) is 10.2. The van der Waals surface area contributed by atoms with E-state index in [9.17, 15) is 0 Å². The van der Waals surface area contributed by atoms with Crippen molar-refractivity contribution in [3.8, 4) is 56.0 Å². The first-order valence-electron chi connectivity index (χ1n) is 21.3. The van der Waals surface area contributed by atoms with E-state index >= 15 is 0 Å². The van der Waals surface area contributed by atoms with Gasteiger partial charge in [0.1, 0.15) is 5.52 Å². The number of hydrogen-bond donors (Lipinski definition) is 0. The van der Waals surface area contributed by atoms with Crippen molar-refractivity contribution in [3.05, 3.63) is 231 Å². The van der Waals surface area contributed by atoms with Crippen molar-refractivity contribution in [2.75, 3.05) is 4.90 Å². The van der Waals surface area contributed by atoms with Crippen LogP contribution in [0.4, 0.5) is 17.1 Å². The van der Waals surface area contributed by atoms with Gasteiger partial charge in [0, 0.05) is 43.2 Å². The number of anilines is 3. The fourth-order valence-electron chi connectivity index (χ4n) is 9.08. The van der Waals surface area contributed by atoms with Crippen LogP contribution in [-0.2, 0) is 0 Å². The minimum Gasteiger partial charge on any atom is -0.436 e. The Balaban J connectivity index is 1.07. The number of benzene rings is 10. The minimum atomic E-state index is 0.628. The van der Waals surface area contributed by atoms with E-state index in [-0.39, 0.29) is 0 Å². The molecule has 0 bridgehead atoms. The molecule has 0 fully saturated rings. The summed E-state index contributed by atoms with van der Waals surface area (Å²) < 4.78 is 8.73. The summed E-state index contributed by atoms with van der Waals surface area (Å²) in [6.07, 6.45) is 0. The zero-order valence-corrected chi connectivity index (χ0v) is 35.0. The summed E-state index contributed by atoms with van der Waals surface area (Å²) in [7, 11) is 0. The van der Waals surface area contributed by atoms with Crippen LogP contribution in [0.25, 0.3) is 98.0 Å². The van der Waals surface area contributed by atoms with E-state index in [1.54, 1.807) is 11.3 Å². The topological polar surface area (TPSA) is 29.3 Å². The maximum atomic E-state index is 6.37. The minimum absolute atomic E-state index is 0.628. The molecule has 0 spiro atoms. The Hall–Kier alpha value is -8.05. The van der Waals surface area contributed by atoms with Crippen LogP contribution in [0.1, 0.15) is 0 Å². The Morgan fingerprint density at radius 3 is 1.68 bits per heavy atom. The molecule has 0 aliphatic rings. The quantitative estimate of drug-likeness (QED) is 0.153. The Morgan fingerprint density at radius 1 is 0.381 bits per heavy atom. The second-order valence-corrected chi connectivity index (χ2v) is 17.0. The third-order valence-corrected chi connectivity index (χ3v) is 13.2. The summed E-state index contributed by atoms with van der Waals surface area (Å²) in [4.78, 5) is 7.44. The van der Waals surface area contributed by atoms with Crippen LogP contribution in [0.2, 0.25) is 0 Å². The Kier molecular flexibility index (Phi) is 9.02. The van der Waals surface area contributed by atoms with Gasteiger partial charge in [0.25, 0.3) is 0 Å². The molecule has 2 heterocycles. The first-order chi connectivity index (χ1) is 31.2. The van der Waals surface area contributed by atoms with Gasteiger partial charge in [0.05, 0.1) is 5.69 Å². The van der Waals surface area contributed by atoms with Crippen molar-refractivity contribution in [2.45, 2.75) is 0 Å². The lowest BCUT2D eigenvalue weighted by molar-refractivity contribution is 0.620. The highest BCUT2D eigenvalue weighted by Crippen LogP contribution is 2.48. The lowest BCUT2D eigenvalue weighted by Crippen LogP contribution is -2.10. The van der Waals surface area contributed by atoms with Gasteiger partial charge >= 0.3 is 0 Å². The molecule has 0 unspecified atom stereocenters. The van der Waals surface area contributed by atoms with E-state index < -0.39 is 0 Å². The first kappa shape index (κ1) is 36.8. The van der Waals surface area contributed by atoms with Gasteiger partial charge in [-0.25, -0.2) is 4.98 Å². The molecule has 10 aromatic carbocycles. The maximum Gasteiger partial charge on any atom is 0.227 e. The normalized spacial score (nSPS) is 11.5. The van der Waals surface area contributed by atoms with Gasteiger partial charge in [-0.2, -0.15) is 0 Å². The van der Waals surface area contributed by atoms with Crippen molar-refractivity contribution in [1.82, 2.24) is 4.98 Å². The molecule has 12 rings (SSSR count). The van der Waals surface area contributed by atoms with Crippen molar-refractivity contribution in [3.63, 3.8) is 0 Å². The molecule has 0 saturated heterocycles. The van der Waals surface area contributed by atoms with Crippen LogP contribution >= 0.6 is 11.3 Å². The molecule has 3 nitrogen and oxygen atoms in total. The number of aromatic nitrogens is 1. The van der Waals surface area contributed by atoms with Gasteiger partial charge in [0.15, 0.2) is 5.58 Å². The highest BCUT2D eigenvalue weighted by Gasteiger charge is 2.22. The van der Waals surface area contributed by atoms with Gasteiger partial charge in [-0.05, 0) is 116 Å². The third kappa shape index (κ3) is 6.65. The summed E-state index contributed by atoms with van der Waals surface area (Å²) in [6, 6.07) is 82.7. The molecule has 296 valence electrons. The van der Waals surface area contributed by atoms with Crippen LogP contribution in [0.3, 0.4) is 0 Å². The first-order valence-corrected chi connectivity index (χ1v) is 22.1. The molecule has 0 saturated carbocycles. The molecule has 4 heteroatoms. The molecule has 0 aliphatic heterocycles. The average Bonchev–Trinajstić information content (AvgIpc) is 3.95. The van der Waals surface area contributed by atoms with Crippen molar-refractivity contribution < 1.29 is 4.42 Å². The highest BCUT2D eigenvalue weighted by molar-refractivity contribution is 7.26. The van der Waals surface area contributed by atoms with Gasteiger partial charge in [-0.3, -0.25) is 0 Å². The number of oxazole rings is 1. The largest absolute Gasteiger partial charge is 0.436 e. The highest BCUT2D eigenvalue weighted by atomic mass is 32.1. The van der Waals surface area contributed by atoms with Crippen LogP contribution in [-0.4, -0.2) is 4.98 Å². The zero-order chi connectivity index (χ0) is 41.7. The van der Waals surface area contributed by atoms with Crippen molar-refractivity contribution in [2.24, 2.45) is 0 Å². The van der Waals surface area contributed by atoms with Crippen molar-refractivity contribution in [1.29, 1.82) is 0 Å². The molecule has 2 aromatic heterocycles. The van der Waals surface area contributed by atoms with E-state index in [4.69, 9.17) is 9.40 Å². The Morgan fingerprint density at radius 2 is 0.968 bits per heavy atom. The summed E-state index contributed by atoms with van der Waals surface area (Å²) in [6.45, 7) is 0. The number of thiophene rings is 1. The molecular formula is C59H38N2OS. The van der Waals surface area contributed by atoms with Gasteiger partial charge < -0.3 is 9.32 Å². The predicted octanol–water partition coefficient (Wildman–Crippen LogP) is 17.2. The zero-order valence-electron chi connectivity index (χ0n) is 34.2. The van der Waals surface area contributed by atoms with Crippen LogP contribution < -0.4 is 4.90 Å². The summed E-state index contributed by atoms with van der Waals surface area (Å²) >= 11 is 1.79. The van der Waals surface area contributed by atoms with E-state index in [1.807, 2.05) is 30.3 Å². The number of fused-ring (bicyclic) bond motifs is 5. The number of nitrogens with zero attached hydrogens (tertiary/aromatic N) is 2. The molecule has 12 aromatic rings. The molecule has 0 atom stereocenters. The molecule has 0 amide bonds. The molecule has 0 aliphatic carbocycles. The third-order valence-electron chi connectivity index (χ3n) is 12.1. The van der Waals surface area contributed by atoms with Crippen LogP contribution in [0.5, 0.6) is 0 Å². The molecule has 0 radical (unpaired) electrons.